The molecule has 0 spiro atoms. The van der Waals surface area contributed by atoms with Gasteiger partial charge in [-0.1, -0.05) is 24.3 Å². The van der Waals surface area contributed by atoms with E-state index in [0.29, 0.717) is 17.1 Å². The summed E-state index contributed by atoms with van der Waals surface area (Å²) in [7, 11) is 0. The molecule has 2 rings (SSSR count). The van der Waals surface area contributed by atoms with E-state index in [4.69, 9.17) is 21.6 Å². The van der Waals surface area contributed by atoms with Gasteiger partial charge in [-0.05, 0) is 24.3 Å². The highest BCUT2D eigenvalue weighted by Crippen LogP contribution is 2.16. The van der Waals surface area contributed by atoms with Crippen molar-refractivity contribution in [3.63, 3.8) is 0 Å². The van der Waals surface area contributed by atoms with Crippen LogP contribution in [0, 0.1) is 5.41 Å². The molecule has 6 N–H and O–H groups in total. The molecule has 0 aliphatic rings. The van der Waals surface area contributed by atoms with Crippen molar-refractivity contribution >= 4 is 23.2 Å². The van der Waals surface area contributed by atoms with Crippen LogP contribution in [0.5, 0.6) is 5.75 Å². The Hall–Kier alpha value is -3.28. The smallest absolute Gasteiger partial charge is 0.262 e. The second kappa shape index (κ2) is 6.94. The zero-order valence-corrected chi connectivity index (χ0v) is 11.7. The van der Waals surface area contributed by atoms with E-state index in [1.807, 2.05) is 6.07 Å². The number of carbonyl (C=O) groups excluding carboxylic acids is 1. The maximum atomic E-state index is 12.1. The van der Waals surface area contributed by atoms with E-state index in [1.54, 1.807) is 48.5 Å². The summed E-state index contributed by atoms with van der Waals surface area (Å²) in [5, 5.41) is 10.5. The summed E-state index contributed by atoms with van der Waals surface area (Å²) in [6, 6.07) is 15.4. The van der Waals surface area contributed by atoms with Gasteiger partial charge in [0, 0.05) is 23.6 Å². The molecule has 0 radical (unpaired) electrons. The van der Waals surface area contributed by atoms with Gasteiger partial charge >= 0.3 is 0 Å². The minimum Gasteiger partial charge on any atom is -0.439 e. The SMILES string of the molecule is N=C(Oc1cccc(N)c1)/C(=C\N)C(=O)Nc1ccccc1. The number of ether oxygens (including phenoxy) is 1. The van der Waals surface area contributed by atoms with Crippen LogP contribution in [0.2, 0.25) is 0 Å². The number of benzene rings is 2. The average Bonchev–Trinajstić information content (AvgIpc) is 2.49. The van der Waals surface area contributed by atoms with Crippen LogP contribution in [0.1, 0.15) is 0 Å². The Labute approximate surface area is 127 Å². The van der Waals surface area contributed by atoms with E-state index >= 15 is 0 Å². The van der Waals surface area contributed by atoms with E-state index < -0.39 is 5.91 Å². The lowest BCUT2D eigenvalue weighted by Crippen LogP contribution is -2.24. The van der Waals surface area contributed by atoms with Crippen LogP contribution in [0.15, 0.2) is 66.4 Å². The van der Waals surface area contributed by atoms with Gasteiger partial charge in [-0.15, -0.1) is 0 Å². The molecule has 0 heterocycles. The molecule has 1 amide bonds. The molecule has 0 aromatic heterocycles. The van der Waals surface area contributed by atoms with Gasteiger partial charge in [0.1, 0.15) is 11.3 Å². The van der Waals surface area contributed by atoms with Crippen molar-refractivity contribution in [1.29, 1.82) is 5.41 Å². The van der Waals surface area contributed by atoms with Gasteiger partial charge in [0.2, 0.25) is 5.90 Å². The standard InChI is InChI=1S/C16H16N4O2/c17-10-14(16(21)20-12-6-2-1-3-7-12)15(19)22-13-8-4-5-11(18)9-13/h1-10,19H,17-18H2,(H,20,21)/b14-10+,19-15?. The first-order valence-corrected chi connectivity index (χ1v) is 6.51. The van der Waals surface area contributed by atoms with Crippen LogP contribution in [-0.2, 0) is 4.79 Å². The third-order valence-electron chi connectivity index (χ3n) is 2.77. The minimum absolute atomic E-state index is 0.0775. The highest BCUT2D eigenvalue weighted by Gasteiger charge is 2.17. The Bertz CT molecular complexity index is 711. The van der Waals surface area contributed by atoms with Crippen molar-refractivity contribution in [3.8, 4) is 5.75 Å². The number of rotatable bonds is 4. The first-order chi connectivity index (χ1) is 10.6. The molecule has 112 valence electrons. The number of carbonyl (C=O) groups is 1. The summed E-state index contributed by atoms with van der Waals surface area (Å²) in [4.78, 5) is 12.1. The number of amides is 1. The van der Waals surface area contributed by atoms with E-state index in [9.17, 15) is 4.79 Å². The monoisotopic (exact) mass is 296 g/mol. The molecular formula is C16H16N4O2. The first-order valence-electron chi connectivity index (χ1n) is 6.51. The predicted molar refractivity (Wildman–Crippen MR) is 86.6 cm³/mol. The van der Waals surface area contributed by atoms with E-state index in [-0.39, 0.29) is 11.5 Å². The van der Waals surface area contributed by atoms with Crippen LogP contribution < -0.4 is 21.5 Å². The van der Waals surface area contributed by atoms with Gasteiger partial charge in [0.05, 0.1) is 0 Å². The second-order valence-corrected chi connectivity index (χ2v) is 4.40. The van der Waals surface area contributed by atoms with Crippen LogP contribution in [-0.4, -0.2) is 11.8 Å². The summed E-state index contributed by atoms with van der Waals surface area (Å²) in [6.45, 7) is 0. The molecule has 0 unspecified atom stereocenters. The number of para-hydroxylation sites is 1. The summed E-state index contributed by atoms with van der Waals surface area (Å²) < 4.78 is 5.30. The summed E-state index contributed by atoms with van der Waals surface area (Å²) in [6.07, 6.45) is 1.03. The Kier molecular flexibility index (Phi) is 4.77. The van der Waals surface area contributed by atoms with Crippen molar-refractivity contribution < 1.29 is 9.53 Å². The summed E-state index contributed by atoms with van der Waals surface area (Å²) in [5.41, 5.74) is 12.1. The van der Waals surface area contributed by atoms with Gasteiger partial charge < -0.3 is 21.5 Å². The molecule has 0 aliphatic heterocycles. The highest BCUT2D eigenvalue weighted by molar-refractivity contribution is 6.22. The van der Waals surface area contributed by atoms with Crippen LogP contribution in [0.3, 0.4) is 0 Å². The average molecular weight is 296 g/mol. The first kappa shape index (κ1) is 15.1. The molecule has 0 fully saturated rings. The fourth-order valence-corrected chi connectivity index (χ4v) is 1.73. The lowest BCUT2D eigenvalue weighted by Gasteiger charge is -2.11. The fraction of sp³-hybridized carbons (Fsp3) is 0. The van der Waals surface area contributed by atoms with Gasteiger partial charge in [-0.25, -0.2) is 0 Å². The minimum atomic E-state index is -0.525. The fourth-order valence-electron chi connectivity index (χ4n) is 1.73. The maximum Gasteiger partial charge on any atom is 0.262 e. The third kappa shape index (κ3) is 3.86. The van der Waals surface area contributed by atoms with Crippen molar-refractivity contribution in [2.24, 2.45) is 5.73 Å². The number of nitrogens with one attached hydrogen (secondary N) is 2. The van der Waals surface area contributed by atoms with E-state index in [2.05, 4.69) is 5.32 Å². The Morgan fingerprint density at radius 2 is 1.86 bits per heavy atom. The Morgan fingerprint density at radius 3 is 2.50 bits per heavy atom. The Balaban J connectivity index is 2.07. The van der Waals surface area contributed by atoms with Gasteiger partial charge in [0.25, 0.3) is 5.91 Å². The van der Waals surface area contributed by atoms with Gasteiger partial charge in [-0.3, -0.25) is 10.2 Å². The van der Waals surface area contributed by atoms with Gasteiger partial charge in [0.15, 0.2) is 0 Å². The predicted octanol–water partition coefficient (Wildman–Crippen LogP) is 2.11. The molecule has 0 atom stereocenters. The zero-order chi connectivity index (χ0) is 15.9. The number of nitrogen functional groups attached to an aromatic ring is 1. The van der Waals surface area contributed by atoms with Crippen molar-refractivity contribution in [2.75, 3.05) is 11.1 Å². The second-order valence-electron chi connectivity index (χ2n) is 4.40. The molecule has 6 nitrogen and oxygen atoms in total. The largest absolute Gasteiger partial charge is 0.439 e. The molecule has 22 heavy (non-hydrogen) atoms. The molecule has 6 heteroatoms. The quantitative estimate of drug-likeness (QED) is 0.299. The molecular weight excluding hydrogens is 280 g/mol. The van der Waals surface area contributed by atoms with Crippen molar-refractivity contribution in [3.05, 3.63) is 66.4 Å². The number of nitrogens with two attached hydrogens (primary N) is 2. The van der Waals surface area contributed by atoms with E-state index in [0.717, 1.165) is 6.20 Å². The summed E-state index contributed by atoms with van der Waals surface area (Å²) >= 11 is 0. The third-order valence-corrected chi connectivity index (χ3v) is 2.77. The van der Waals surface area contributed by atoms with Crippen LogP contribution >= 0.6 is 0 Å². The lowest BCUT2D eigenvalue weighted by molar-refractivity contribution is -0.112. The van der Waals surface area contributed by atoms with Crippen molar-refractivity contribution in [1.82, 2.24) is 0 Å². The number of anilines is 2. The molecule has 0 bridgehead atoms. The molecule has 2 aromatic carbocycles. The molecule has 2 aromatic rings. The lowest BCUT2D eigenvalue weighted by atomic mass is 10.2. The number of hydrogen-bond donors (Lipinski definition) is 4. The topological polar surface area (TPSA) is 114 Å². The molecule has 0 saturated carbocycles. The summed E-state index contributed by atoms with van der Waals surface area (Å²) in [5.74, 6) is -0.527. The van der Waals surface area contributed by atoms with Crippen LogP contribution in [0.25, 0.3) is 0 Å². The normalized spacial score (nSPS) is 10.8. The number of hydrogen-bond acceptors (Lipinski definition) is 5. The van der Waals surface area contributed by atoms with E-state index in [1.165, 1.54) is 0 Å². The molecule has 0 aliphatic carbocycles. The maximum absolute atomic E-state index is 12.1. The van der Waals surface area contributed by atoms with Crippen molar-refractivity contribution in [2.45, 2.75) is 0 Å². The van der Waals surface area contributed by atoms with Gasteiger partial charge in [-0.2, -0.15) is 0 Å². The van der Waals surface area contributed by atoms with Crippen LogP contribution in [0.4, 0.5) is 11.4 Å². The Morgan fingerprint density at radius 1 is 1.14 bits per heavy atom. The molecule has 0 saturated heterocycles. The zero-order valence-electron chi connectivity index (χ0n) is 11.7. The highest BCUT2D eigenvalue weighted by atomic mass is 16.5.